The first-order valence-electron chi connectivity index (χ1n) is 11.8. The number of aromatic carboxylic acids is 1. The van der Waals surface area contributed by atoms with Crippen LogP contribution in [0.3, 0.4) is 0 Å². The summed E-state index contributed by atoms with van der Waals surface area (Å²) in [6.45, 7) is 0.573. The Labute approximate surface area is 198 Å². The Bertz CT molecular complexity index is 1330. The quantitative estimate of drug-likeness (QED) is 0.310. The molecule has 1 aliphatic carbocycles. The molecule has 1 heterocycles. The van der Waals surface area contributed by atoms with Crippen molar-refractivity contribution in [3.05, 3.63) is 77.6 Å². The molecule has 3 aromatic carbocycles. The molecule has 4 aromatic rings. The highest BCUT2D eigenvalue weighted by atomic mass is 16.4. The smallest absolute Gasteiger partial charge is 0.336 e. The molecule has 0 saturated heterocycles. The van der Waals surface area contributed by atoms with Crippen LogP contribution < -0.4 is 0 Å². The summed E-state index contributed by atoms with van der Waals surface area (Å²) in [5.74, 6) is 0.301. The van der Waals surface area contributed by atoms with Gasteiger partial charge in [0.1, 0.15) is 5.82 Å². The number of aromatic hydroxyl groups is 2. The molecule has 34 heavy (non-hydrogen) atoms. The number of benzene rings is 3. The Kier molecular flexibility index (Phi) is 5.97. The number of carboxylic acid groups (broad SMARTS) is 1. The van der Waals surface area contributed by atoms with E-state index in [1.807, 2.05) is 36.4 Å². The van der Waals surface area contributed by atoms with Gasteiger partial charge in [-0.2, -0.15) is 0 Å². The summed E-state index contributed by atoms with van der Waals surface area (Å²) in [5.41, 5.74) is 4.33. The lowest BCUT2D eigenvalue weighted by molar-refractivity contribution is 0.0697. The van der Waals surface area contributed by atoms with Gasteiger partial charge in [-0.3, -0.25) is 0 Å². The molecule has 0 amide bonds. The van der Waals surface area contributed by atoms with Gasteiger partial charge in [0.2, 0.25) is 0 Å². The molecule has 6 heteroatoms. The largest absolute Gasteiger partial charge is 0.504 e. The van der Waals surface area contributed by atoms with Crippen LogP contribution in [0.1, 0.15) is 53.8 Å². The lowest BCUT2D eigenvalue weighted by atomic mass is 9.87. The van der Waals surface area contributed by atoms with Crippen LogP contribution in [0, 0.1) is 5.92 Å². The second-order valence-corrected chi connectivity index (χ2v) is 9.20. The normalized spacial score (nSPS) is 14.5. The Hall–Kier alpha value is -3.80. The third-order valence-corrected chi connectivity index (χ3v) is 6.88. The van der Waals surface area contributed by atoms with Crippen LogP contribution in [0.15, 0.2) is 60.7 Å². The van der Waals surface area contributed by atoms with E-state index in [0.717, 1.165) is 28.9 Å². The van der Waals surface area contributed by atoms with Gasteiger partial charge >= 0.3 is 5.97 Å². The minimum atomic E-state index is -0.944. The molecule has 1 aliphatic rings. The highest BCUT2D eigenvalue weighted by Gasteiger charge is 2.20. The van der Waals surface area contributed by atoms with Crippen molar-refractivity contribution in [1.29, 1.82) is 0 Å². The fourth-order valence-electron chi connectivity index (χ4n) is 5.07. The van der Waals surface area contributed by atoms with E-state index in [-0.39, 0.29) is 17.1 Å². The van der Waals surface area contributed by atoms with Crippen LogP contribution >= 0.6 is 0 Å². The second kappa shape index (κ2) is 9.21. The molecule has 0 bridgehead atoms. The summed E-state index contributed by atoms with van der Waals surface area (Å²) in [7, 11) is 0. The predicted octanol–water partition coefficient (Wildman–Crippen LogP) is 5.98. The average molecular weight is 457 g/mol. The molecule has 1 saturated carbocycles. The van der Waals surface area contributed by atoms with Crippen LogP contribution in [0.25, 0.3) is 22.2 Å². The molecule has 0 radical (unpaired) electrons. The van der Waals surface area contributed by atoms with Gasteiger partial charge < -0.3 is 19.9 Å². The van der Waals surface area contributed by atoms with E-state index in [9.17, 15) is 20.1 Å². The van der Waals surface area contributed by atoms with Gasteiger partial charge in [-0.05, 0) is 28.7 Å². The Balaban J connectivity index is 1.48. The van der Waals surface area contributed by atoms with Gasteiger partial charge in [0, 0.05) is 25.1 Å². The Morgan fingerprint density at radius 2 is 1.65 bits per heavy atom. The van der Waals surface area contributed by atoms with Crippen LogP contribution in [0.5, 0.6) is 11.5 Å². The maximum Gasteiger partial charge on any atom is 0.336 e. The summed E-state index contributed by atoms with van der Waals surface area (Å²) in [6, 6.07) is 18.0. The van der Waals surface area contributed by atoms with E-state index in [2.05, 4.69) is 4.57 Å². The SMILES string of the molecule is O=C(O)c1ccccc1-c1ccc(Cn2c(CC3CCCCC3)nc3cc(O)c(O)cc32)cc1. The standard InChI is InChI=1S/C28H28N2O4/c31-25-15-23-24(16-26(25)32)30(27(29-23)14-18-6-2-1-3-7-18)17-19-10-12-20(13-11-19)21-8-4-5-9-22(21)28(33)34/h4-5,8-13,15-16,18,31-32H,1-3,6-7,14,17H2,(H,33,34). The molecule has 0 aliphatic heterocycles. The van der Waals surface area contributed by atoms with Crippen LogP contribution in [-0.2, 0) is 13.0 Å². The number of hydrogen-bond donors (Lipinski definition) is 3. The number of phenols is 2. The van der Waals surface area contributed by atoms with E-state index in [1.54, 1.807) is 18.2 Å². The van der Waals surface area contributed by atoms with E-state index in [0.29, 0.717) is 23.5 Å². The van der Waals surface area contributed by atoms with Crippen LogP contribution in [0.4, 0.5) is 0 Å². The van der Waals surface area contributed by atoms with E-state index in [1.165, 1.54) is 38.2 Å². The van der Waals surface area contributed by atoms with Crippen molar-refractivity contribution in [2.45, 2.75) is 45.1 Å². The van der Waals surface area contributed by atoms with Crippen molar-refractivity contribution in [3.8, 4) is 22.6 Å². The topological polar surface area (TPSA) is 95.6 Å². The fourth-order valence-corrected chi connectivity index (χ4v) is 5.07. The van der Waals surface area contributed by atoms with Crippen molar-refractivity contribution in [3.63, 3.8) is 0 Å². The fraction of sp³-hybridized carbons (Fsp3) is 0.286. The molecule has 1 aromatic heterocycles. The number of hydrogen-bond acceptors (Lipinski definition) is 4. The molecule has 1 fully saturated rings. The number of phenolic OH excluding ortho intramolecular Hbond substituents is 2. The van der Waals surface area contributed by atoms with E-state index >= 15 is 0 Å². The highest BCUT2D eigenvalue weighted by molar-refractivity contribution is 5.96. The van der Waals surface area contributed by atoms with Crippen molar-refractivity contribution in [2.24, 2.45) is 5.92 Å². The molecule has 3 N–H and O–H groups in total. The lowest BCUT2D eigenvalue weighted by Gasteiger charge is -2.21. The molecule has 0 atom stereocenters. The number of nitrogens with zero attached hydrogens (tertiary/aromatic N) is 2. The number of rotatable bonds is 6. The van der Waals surface area contributed by atoms with Gasteiger partial charge in [-0.25, -0.2) is 9.78 Å². The van der Waals surface area contributed by atoms with Gasteiger partial charge in [-0.1, -0.05) is 74.6 Å². The van der Waals surface area contributed by atoms with Gasteiger partial charge in [0.05, 0.1) is 16.6 Å². The first-order valence-corrected chi connectivity index (χ1v) is 11.8. The molecular weight excluding hydrogens is 428 g/mol. The van der Waals surface area contributed by atoms with Gasteiger partial charge in [0.25, 0.3) is 0 Å². The number of carbonyl (C=O) groups is 1. The minimum absolute atomic E-state index is 0.154. The molecule has 0 spiro atoms. The maximum absolute atomic E-state index is 11.6. The van der Waals surface area contributed by atoms with Crippen LogP contribution in [0.2, 0.25) is 0 Å². The van der Waals surface area contributed by atoms with E-state index < -0.39 is 5.97 Å². The number of imidazole rings is 1. The number of fused-ring (bicyclic) bond motifs is 1. The zero-order chi connectivity index (χ0) is 23.7. The third-order valence-electron chi connectivity index (χ3n) is 6.88. The molecule has 6 nitrogen and oxygen atoms in total. The molecular formula is C28H28N2O4. The zero-order valence-corrected chi connectivity index (χ0v) is 18.9. The van der Waals surface area contributed by atoms with Crippen molar-refractivity contribution < 1.29 is 20.1 Å². The summed E-state index contributed by atoms with van der Waals surface area (Å²) >= 11 is 0. The van der Waals surface area contributed by atoms with Crippen molar-refractivity contribution in [1.82, 2.24) is 9.55 Å². The predicted molar refractivity (Wildman–Crippen MR) is 131 cm³/mol. The first-order chi connectivity index (χ1) is 16.5. The maximum atomic E-state index is 11.6. The first kappa shape index (κ1) is 22.0. The van der Waals surface area contributed by atoms with Crippen molar-refractivity contribution >= 4 is 17.0 Å². The molecule has 0 unspecified atom stereocenters. The molecule has 174 valence electrons. The van der Waals surface area contributed by atoms with Gasteiger partial charge in [-0.15, -0.1) is 0 Å². The van der Waals surface area contributed by atoms with Gasteiger partial charge in [0.15, 0.2) is 11.5 Å². The highest BCUT2D eigenvalue weighted by Crippen LogP contribution is 2.33. The Morgan fingerprint density at radius 1 is 0.941 bits per heavy atom. The summed E-state index contributed by atoms with van der Waals surface area (Å²) in [4.78, 5) is 16.4. The van der Waals surface area contributed by atoms with Crippen molar-refractivity contribution in [2.75, 3.05) is 0 Å². The third kappa shape index (κ3) is 4.36. The second-order valence-electron chi connectivity index (χ2n) is 9.20. The summed E-state index contributed by atoms with van der Waals surface area (Å²) < 4.78 is 2.13. The minimum Gasteiger partial charge on any atom is -0.504 e. The lowest BCUT2D eigenvalue weighted by Crippen LogP contribution is -2.14. The van der Waals surface area contributed by atoms with E-state index in [4.69, 9.17) is 4.98 Å². The number of carboxylic acids is 1. The number of aromatic nitrogens is 2. The average Bonchev–Trinajstić information content (AvgIpc) is 3.16. The monoisotopic (exact) mass is 456 g/mol. The zero-order valence-electron chi connectivity index (χ0n) is 18.9. The summed E-state index contributed by atoms with van der Waals surface area (Å²) in [5, 5.41) is 29.6. The Morgan fingerprint density at radius 3 is 2.38 bits per heavy atom. The van der Waals surface area contributed by atoms with Crippen LogP contribution in [-0.4, -0.2) is 30.8 Å². The summed E-state index contributed by atoms with van der Waals surface area (Å²) in [6.07, 6.45) is 7.10. The molecule has 5 rings (SSSR count).